The van der Waals surface area contributed by atoms with Gasteiger partial charge in [-0.25, -0.2) is 0 Å². The van der Waals surface area contributed by atoms with Gasteiger partial charge in [-0.1, -0.05) is 115 Å². The second-order valence-electron chi connectivity index (χ2n) is 6.81. The lowest BCUT2D eigenvalue weighted by molar-refractivity contribution is 0.750. The summed E-state index contributed by atoms with van der Waals surface area (Å²) >= 11 is 0. The summed E-state index contributed by atoms with van der Waals surface area (Å²) in [6.07, 6.45) is 7.91. The van der Waals surface area contributed by atoms with Gasteiger partial charge in [-0.05, 0) is 11.5 Å². The molecule has 1 aliphatic carbocycles. The van der Waals surface area contributed by atoms with Gasteiger partial charge in [0.1, 0.15) is 8.07 Å². The van der Waals surface area contributed by atoms with Crippen LogP contribution in [0.4, 0.5) is 0 Å². The number of allylic oxidation sites excluding steroid dienone is 4. The van der Waals surface area contributed by atoms with E-state index in [1.165, 1.54) is 10.4 Å². The van der Waals surface area contributed by atoms with Gasteiger partial charge in [0.05, 0.1) is 0 Å². The van der Waals surface area contributed by atoms with Crippen LogP contribution in [0.5, 0.6) is 0 Å². The van der Waals surface area contributed by atoms with E-state index >= 15 is 0 Å². The van der Waals surface area contributed by atoms with Crippen LogP contribution in [-0.4, -0.2) is 8.07 Å². The third-order valence-corrected chi connectivity index (χ3v) is 11.3. The minimum atomic E-state index is -1.90. The molecule has 2 aromatic carbocycles. The van der Waals surface area contributed by atoms with Crippen LogP contribution in [0.2, 0.25) is 11.6 Å². The van der Waals surface area contributed by atoms with Gasteiger partial charge in [0.25, 0.3) is 0 Å². The van der Waals surface area contributed by atoms with Crippen LogP contribution in [0, 0.1) is 0 Å². The van der Waals surface area contributed by atoms with Crippen LogP contribution in [0.25, 0.3) is 0 Å². The van der Waals surface area contributed by atoms with Gasteiger partial charge in [0.2, 0.25) is 0 Å². The zero-order chi connectivity index (χ0) is 15.6. The van der Waals surface area contributed by atoms with Crippen LogP contribution < -0.4 is 10.4 Å². The van der Waals surface area contributed by atoms with Gasteiger partial charge in [0.15, 0.2) is 0 Å². The summed E-state index contributed by atoms with van der Waals surface area (Å²) < 4.78 is 0. The topological polar surface area (TPSA) is 0 Å². The molecule has 1 heteroatoms. The minimum absolute atomic E-state index is 0.180. The number of hydrogen-bond acceptors (Lipinski definition) is 0. The summed E-state index contributed by atoms with van der Waals surface area (Å²) in [5, 5.41) is 3.21. The molecular formula is C21H24Si. The quantitative estimate of drug-likeness (QED) is 0.727. The van der Waals surface area contributed by atoms with E-state index in [0.717, 1.165) is 6.42 Å². The highest BCUT2D eigenvalue weighted by atomic mass is 28.3. The molecule has 0 heterocycles. The van der Waals surface area contributed by atoms with E-state index in [4.69, 9.17) is 0 Å². The molecule has 0 atom stereocenters. The van der Waals surface area contributed by atoms with Gasteiger partial charge in [-0.15, -0.1) is 0 Å². The standard InChI is InChI=1S/C21H24Si/c1-21(2,18-12-10-11-13-18)22(3,19-14-6-4-7-15-19)20-16-8-5-9-17-20/h4-12,14-17H,13H2,1-3H3. The Hall–Kier alpha value is -1.86. The third kappa shape index (κ3) is 2.30. The molecule has 0 aliphatic heterocycles. The maximum atomic E-state index is 2.52. The number of hydrogen-bond donors (Lipinski definition) is 0. The predicted molar refractivity (Wildman–Crippen MR) is 99.7 cm³/mol. The van der Waals surface area contributed by atoms with E-state index in [9.17, 15) is 0 Å². The van der Waals surface area contributed by atoms with E-state index in [0.29, 0.717) is 0 Å². The van der Waals surface area contributed by atoms with Crippen LogP contribution in [0.15, 0.2) is 84.5 Å². The average molecular weight is 305 g/mol. The molecule has 0 N–H and O–H groups in total. The fourth-order valence-corrected chi connectivity index (χ4v) is 7.99. The maximum Gasteiger partial charge on any atom is 0.124 e. The molecule has 0 aromatic heterocycles. The maximum absolute atomic E-state index is 2.52. The van der Waals surface area contributed by atoms with E-state index in [1.54, 1.807) is 5.57 Å². The Bertz CT molecular complexity index is 654. The first-order chi connectivity index (χ1) is 10.6. The van der Waals surface area contributed by atoms with Gasteiger partial charge in [-0.3, -0.25) is 0 Å². The van der Waals surface area contributed by atoms with E-state index in [-0.39, 0.29) is 5.04 Å². The van der Waals surface area contributed by atoms with E-state index in [2.05, 4.69) is 99.3 Å². The smallest absolute Gasteiger partial charge is 0.0805 e. The lowest BCUT2D eigenvalue weighted by Gasteiger charge is -2.45. The van der Waals surface area contributed by atoms with Crippen molar-refractivity contribution in [1.82, 2.24) is 0 Å². The second-order valence-corrected chi connectivity index (χ2v) is 11.5. The first-order valence-electron chi connectivity index (χ1n) is 8.04. The molecule has 112 valence electrons. The first-order valence-corrected chi connectivity index (χ1v) is 10.5. The highest BCUT2D eigenvalue weighted by molar-refractivity contribution is 7.03. The zero-order valence-corrected chi connectivity index (χ0v) is 14.7. The number of rotatable bonds is 4. The fourth-order valence-electron chi connectivity index (χ4n) is 3.66. The van der Waals surface area contributed by atoms with Crippen molar-refractivity contribution in [3.8, 4) is 0 Å². The van der Waals surface area contributed by atoms with Gasteiger partial charge in [0, 0.05) is 0 Å². The Morgan fingerprint density at radius 2 is 1.32 bits per heavy atom. The lowest BCUT2D eigenvalue weighted by Crippen LogP contribution is -2.63. The molecule has 0 radical (unpaired) electrons. The van der Waals surface area contributed by atoms with Gasteiger partial charge in [-0.2, -0.15) is 0 Å². The first kappa shape index (κ1) is 15.0. The third-order valence-electron chi connectivity index (χ3n) is 5.53. The highest BCUT2D eigenvalue weighted by Crippen LogP contribution is 2.46. The van der Waals surface area contributed by atoms with Crippen LogP contribution in [0.3, 0.4) is 0 Å². The fraction of sp³-hybridized carbons (Fsp3) is 0.238. The van der Waals surface area contributed by atoms with Crippen LogP contribution >= 0.6 is 0 Å². The SMILES string of the molecule is CC(C)(C1=CC=CC1)[Si](C)(c1ccccc1)c1ccccc1. The predicted octanol–water partition coefficient (Wildman–Crippen LogP) is 4.55. The molecule has 0 fully saturated rings. The Labute approximate surface area is 135 Å². The normalized spacial score (nSPS) is 15.0. The van der Waals surface area contributed by atoms with Crippen molar-refractivity contribution in [3.63, 3.8) is 0 Å². The highest BCUT2D eigenvalue weighted by Gasteiger charge is 2.47. The molecule has 0 saturated heterocycles. The largest absolute Gasteiger partial charge is 0.124 e. The molecule has 0 bridgehead atoms. The van der Waals surface area contributed by atoms with Crippen molar-refractivity contribution in [2.75, 3.05) is 0 Å². The summed E-state index contributed by atoms with van der Waals surface area (Å²) in [6, 6.07) is 22.3. The van der Waals surface area contributed by atoms with Crippen molar-refractivity contribution in [2.24, 2.45) is 0 Å². The summed E-state index contributed by atoms with van der Waals surface area (Å²) in [7, 11) is -1.90. The average Bonchev–Trinajstić information content (AvgIpc) is 3.11. The monoisotopic (exact) mass is 304 g/mol. The summed E-state index contributed by atoms with van der Waals surface area (Å²) in [6.45, 7) is 7.41. The summed E-state index contributed by atoms with van der Waals surface area (Å²) in [5.41, 5.74) is 1.56. The van der Waals surface area contributed by atoms with Crippen molar-refractivity contribution in [2.45, 2.75) is 31.9 Å². The molecule has 22 heavy (non-hydrogen) atoms. The van der Waals surface area contributed by atoms with Crippen LogP contribution in [-0.2, 0) is 0 Å². The molecule has 3 rings (SSSR count). The van der Waals surface area contributed by atoms with Gasteiger partial charge < -0.3 is 0 Å². The minimum Gasteiger partial charge on any atom is -0.0805 e. The van der Waals surface area contributed by atoms with Crippen LogP contribution in [0.1, 0.15) is 20.3 Å². The molecular weight excluding hydrogens is 280 g/mol. The summed E-state index contributed by atoms with van der Waals surface area (Å²) in [4.78, 5) is 0. The molecule has 0 amide bonds. The Morgan fingerprint density at radius 3 is 1.73 bits per heavy atom. The van der Waals surface area contributed by atoms with Crippen molar-refractivity contribution >= 4 is 18.4 Å². The Kier molecular flexibility index (Phi) is 3.92. The molecule has 0 saturated carbocycles. The molecule has 2 aromatic rings. The molecule has 0 spiro atoms. The molecule has 1 aliphatic rings. The molecule has 0 unspecified atom stereocenters. The van der Waals surface area contributed by atoms with E-state index < -0.39 is 8.07 Å². The lowest BCUT2D eigenvalue weighted by atomic mass is 10.0. The molecule has 0 nitrogen and oxygen atoms in total. The Balaban J connectivity index is 2.20. The summed E-state index contributed by atoms with van der Waals surface area (Å²) in [5.74, 6) is 0. The van der Waals surface area contributed by atoms with Gasteiger partial charge >= 0.3 is 0 Å². The second kappa shape index (κ2) is 5.73. The van der Waals surface area contributed by atoms with Crippen molar-refractivity contribution in [1.29, 1.82) is 0 Å². The Morgan fingerprint density at radius 1 is 0.818 bits per heavy atom. The number of benzene rings is 2. The van der Waals surface area contributed by atoms with E-state index in [1.807, 2.05) is 0 Å². The zero-order valence-electron chi connectivity index (χ0n) is 13.7. The van der Waals surface area contributed by atoms with Crippen molar-refractivity contribution in [3.05, 3.63) is 84.5 Å². The van der Waals surface area contributed by atoms with Crippen molar-refractivity contribution < 1.29 is 0 Å².